The van der Waals surface area contributed by atoms with E-state index in [4.69, 9.17) is 0 Å². The Morgan fingerprint density at radius 2 is 1.90 bits per heavy atom. The van der Waals surface area contributed by atoms with Gasteiger partial charge in [-0.2, -0.15) is 0 Å². The van der Waals surface area contributed by atoms with Gasteiger partial charge in [-0.1, -0.05) is 6.42 Å². The van der Waals surface area contributed by atoms with E-state index in [1.807, 2.05) is 0 Å². The molecule has 0 aromatic rings. The Hall–Kier alpha value is -0.780. The van der Waals surface area contributed by atoms with Crippen LogP contribution in [-0.4, -0.2) is 45.0 Å². The van der Waals surface area contributed by atoms with E-state index in [2.05, 4.69) is 15.6 Å². The Morgan fingerprint density at radius 3 is 2.45 bits per heavy atom. The maximum Gasteiger partial charge on any atom is 0.191 e. The highest BCUT2D eigenvalue weighted by Crippen LogP contribution is 2.25. The lowest BCUT2D eigenvalue weighted by Crippen LogP contribution is -2.42. The molecule has 5 nitrogen and oxygen atoms in total. The third-order valence-corrected chi connectivity index (χ3v) is 6.37. The second-order valence-corrected chi connectivity index (χ2v) is 8.78. The van der Waals surface area contributed by atoms with Gasteiger partial charge in [0.25, 0.3) is 0 Å². The Morgan fingerprint density at radius 1 is 1.10 bits per heavy atom. The fourth-order valence-electron chi connectivity index (χ4n) is 2.75. The summed E-state index contributed by atoms with van der Waals surface area (Å²) in [5.74, 6) is 2.56. The molecule has 2 aliphatic carbocycles. The lowest BCUT2D eigenvalue weighted by Gasteiger charge is -2.26. The molecule has 6 heteroatoms. The van der Waals surface area contributed by atoms with Crippen molar-refractivity contribution in [1.82, 2.24) is 10.6 Å². The molecular weight excluding hydrogens is 274 g/mol. The molecule has 0 aromatic heterocycles. The molecule has 3 rings (SSSR count). The van der Waals surface area contributed by atoms with Crippen molar-refractivity contribution in [3.8, 4) is 0 Å². The highest BCUT2D eigenvalue weighted by molar-refractivity contribution is 7.91. The highest BCUT2D eigenvalue weighted by Gasteiger charge is 2.28. The summed E-state index contributed by atoms with van der Waals surface area (Å²) in [6.07, 6.45) is 7.22. The van der Waals surface area contributed by atoms with Crippen molar-refractivity contribution < 1.29 is 8.42 Å². The molecule has 1 atom stereocenters. The first kappa shape index (κ1) is 14.2. The first-order valence-electron chi connectivity index (χ1n) is 7.86. The maximum absolute atomic E-state index is 11.5. The fourth-order valence-corrected chi connectivity index (χ4v) is 4.60. The molecule has 3 fully saturated rings. The van der Waals surface area contributed by atoms with Crippen LogP contribution in [-0.2, 0) is 9.84 Å². The van der Waals surface area contributed by atoms with Gasteiger partial charge in [0.15, 0.2) is 15.8 Å². The first-order valence-corrected chi connectivity index (χ1v) is 9.68. The number of sulfone groups is 1. The van der Waals surface area contributed by atoms with Crippen LogP contribution in [0.5, 0.6) is 0 Å². The van der Waals surface area contributed by atoms with Crippen molar-refractivity contribution >= 4 is 15.8 Å². The van der Waals surface area contributed by atoms with Crippen molar-refractivity contribution in [2.75, 3.05) is 24.6 Å². The summed E-state index contributed by atoms with van der Waals surface area (Å²) in [6.45, 7) is 1.63. The van der Waals surface area contributed by atoms with E-state index in [-0.39, 0.29) is 5.92 Å². The molecule has 2 N–H and O–H groups in total. The topological polar surface area (TPSA) is 70.6 Å². The first-order chi connectivity index (χ1) is 9.61. The molecule has 0 radical (unpaired) electrons. The summed E-state index contributed by atoms with van der Waals surface area (Å²) < 4.78 is 22.9. The SMILES string of the molecule is O=S1(=O)CCC(CN=C(NCC2CCC2)NC2CC2)C1. The van der Waals surface area contributed by atoms with Gasteiger partial charge in [-0.05, 0) is 43.9 Å². The number of hydrogen-bond acceptors (Lipinski definition) is 3. The number of nitrogens with zero attached hydrogens (tertiary/aromatic N) is 1. The minimum atomic E-state index is -2.78. The van der Waals surface area contributed by atoms with Gasteiger partial charge in [0, 0.05) is 19.1 Å². The Labute approximate surface area is 121 Å². The molecule has 0 aromatic carbocycles. The van der Waals surface area contributed by atoms with Crippen LogP contribution in [0, 0.1) is 11.8 Å². The third-order valence-electron chi connectivity index (χ3n) is 4.54. The van der Waals surface area contributed by atoms with E-state index < -0.39 is 9.84 Å². The smallest absolute Gasteiger partial charge is 0.191 e. The van der Waals surface area contributed by atoms with Crippen molar-refractivity contribution in [3.05, 3.63) is 0 Å². The molecule has 0 bridgehead atoms. The van der Waals surface area contributed by atoms with Crippen LogP contribution in [0.3, 0.4) is 0 Å². The lowest BCUT2D eigenvalue weighted by atomic mass is 9.85. The Bertz CT molecular complexity index is 467. The molecule has 0 amide bonds. The van der Waals surface area contributed by atoms with Gasteiger partial charge in [0.2, 0.25) is 0 Å². The number of hydrogen-bond donors (Lipinski definition) is 2. The molecule has 1 aliphatic heterocycles. The number of rotatable bonds is 5. The van der Waals surface area contributed by atoms with Crippen molar-refractivity contribution in [2.24, 2.45) is 16.8 Å². The van der Waals surface area contributed by atoms with Gasteiger partial charge in [0.05, 0.1) is 11.5 Å². The minimum Gasteiger partial charge on any atom is -0.356 e. The second-order valence-electron chi connectivity index (χ2n) is 6.55. The molecular formula is C14H25N3O2S. The van der Waals surface area contributed by atoms with Crippen LogP contribution in [0.1, 0.15) is 38.5 Å². The molecule has 114 valence electrons. The van der Waals surface area contributed by atoms with Crippen LogP contribution in [0.25, 0.3) is 0 Å². The van der Waals surface area contributed by atoms with Crippen molar-refractivity contribution in [2.45, 2.75) is 44.6 Å². The van der Waals surface area contributed by atoms with Crippen molar-refractivity contribution in [3.63, 3.8) is 0 Å². The quantitative estimate of drug-likeness (QED) is 0.585. The summed E-state index contributed by atoms with van der Waals surface area (Å²) in [7, 11) is -2.78. The second kappa shape index (κ2) is 5.92. The average molecular weight is 299 g/mol. The summed E-state index contributed by atoms with van der Waals surface area (Å²) in [4.78, 5) is 4.61. The Balaban J connectivity index is 1.49. The molecule has 3 aliphatic rings. The molecule has 1 unspecified atom stereocenters. The predicted octanol–water partition coefficient (Wildman–Crippen LogP) is 0.919. The number of nitrogens with one attached hydrogen (secondary N) is 2. The van der Waals surface area contributed by atoms with Crippen molar-refractivity contribution in [1.29, 1.82) is 0 Å². The molecule has 1 saturated heterocycles. The molecule has 0 spiro atoms. The summed E-state index contributed by atoms with van der Waals surface area (Å²) >= 11 is 0. The number of guanidine groups is 1. The number of aliphatic imine (C=N–C) groups is 1. The zero-order valence-electron chi connectivity index (χ0n) is 12.0. The molecule has 20 heavy (non-hydrogen) atoms. The Kier molecular flexibility index (Phi) is 4.19. The van der Waals surface area contributed by atoms with E-state index >= 15 is 0 Å². The maximum atomic E-state index is 11.5. The van der Waals surface area contributed by atoms with Crippen LogP contribution in [0.15, 0.2) is 4.99 Å². The molecule has 2 saturated carbocycles. The monoisotopic (exact) mass is 299 g/mol. The van der Waals surface area contributed by atoms with E-state index in [0.717, 1.165) is 24.8 Å². The van der Waals surface area contributed by atoms with Gasteiger partial charge < -0.3 is 10.6 Å². The van der Waals surface area contributed by atoms with Crippen LogP contribution in [0.4, 0.5) is 0 Å². The van der Waals surface area contributed by atoms with Gasteiger partial charge in [0.1, 0.15) is 0 Å². The van der Waals surface area contributed by atoms with Crippen LogP contribution < -0.4 is 10.6 Å². The zero-order chi connectivity index (χ0) is 14.0. The van der Waals surface area contributed by atoms with E-state index in [0.29, 0.717) is 24.1 Å². The highest BCUT2D eigenvalue weighted by atomic mass is 32.2. The van der Waals surface area contributed by atoms with E-state index in [1.165, 1.54) is 32.1 Å². The molecule has 1 heterocycles. The summed E-state index contributed by atoms with van der Waals surface area (Å²) in [5.41, 5.74) is 0. The van der Waals surface area contributed by atoms with Crippen LogP contribution >= 0.6 is 0 Å². The zero-order valence-corrected chi connectivity index (χ0v) is 12.8. The van der Waals surface area contributed by atoms with Crippen LogP contribution in [0.2, 0.25) is 0 Å². The predicted molar refractivity (Wildman–Crippen MR) is 80.6 cm³/mol. The third kappa shape index (κ3) is 4.11. The van der Waals surface area contributed by atoms with E-state index in [1.54, 1.807) is 0 Å². The minimum absolute atomic E-state index is 0.210. The van der Waals surface area contributed by atoms with Gasteiger partial charge in [-0.15, -0.1) is 0 Å². The van der Waals surface area contributed by atoms with Gasteiger partial charge in [-0.25, -0.2) is 8.42 Å². The summed E-state index contributed by atoms with van der Waals surface area (Å²) in [6, 6.07) is 0.579. The normalized spacial score (nSPS) is 30.0. The standard InChI is InChI=1S/C14H25N3O2S/c18-20(19)7-6-12(10-20)9-16-14(17-13-4-5-13)15-8-11-2-1-3-11/h11-13H,1-10H2,(H2,15,16,17). The average Bonchev–Trinajstić information content (AvgIpc) is 3.07. The van der Waals surface area contributed by atoms with Gasteiger partial charge >= 0.3 is 0 Å². The van der Waals surface area contributed by atoms with Gasteiger partial charge in [-0.3, -0.25) is 4.99 Å². The summed E-state index contributed by atoms with van der Waals surface area (Å²) in [5, 5.41) is 6.86. The van der Waals surface area contributed by atoms with E-state index in [9.17, 15) is 8.42 Å². The fraction of sp³-hybridized carbons (Fsp3) is 0.929. The lowest BCUT2D eigenvalue weighted by molar-refractivity contribution is 0.314. The largest absolute Gasteiger partial charge is 0.356 e.